The van der Waals surface area contributed by atoms with Gasteiger partial charge in [-0.15, -0.1) is 0 Å². The maximum atomic E-state index is 11.6. The van der Waals surface area contributed by atoms with Gasteiger partial charge in [0.15, 0.2) is 0 Å². The zero-order chi connectivity index (χ0) is 18.9. The quantitative estimate of drug-likeness (QED) is 0.843. The van der Waals surface area contributed by atoms with Gasteiger partial charge in [-0.3, -0.25) is 9.62 Å². The number of hydrogen-bond donors (Lipinski definition) is 1. The molecule has 5 heteroatoms. The zero-order valence-electron chi connectivity index (χ0n) is 15.9. The van der Waals surface area contributed by atoms with Gasteiger partial charge >= 0.3 is 0 Å². The number of piperidine rings is 1. The number of nitrogens with zero attached hydrogens (tertiary/aromatic N) is 1. The fourth-order valence-corrected chi connectivity index (χ4v) is 5.52. The monoisotopic (exact) mass is 384 g/mol. The van der Waals surface area contributed by atoms with Gasteiger partial charge in [0.05, 0.1) is 6.26 Å². The Morgan fingerprint density at radius 1 is 1.11 bits per heavy atom. The molecule has 4 rings (SSSR count). The van der Waals surface area contributed by atoms with Gasteiger partial charge in [-0.25, -0.2) is 8.42 Å². The SMILES string of the molecule is CS(=O)(=O)Nc1cccc(C23CCCC(C2)N(Cc2ccccc2)CC3)c1. The van der Waals surface area contributed by atoms with Crippen molar-refractivity contribution in [3.05, 3.63) is 65.7 Å². The number of nitrogens with one attached hydrogen (secondary N) is 1. The Morgan fingerprint density at radius 2 is 1.93 bits per heavy atom. The average molecular weight is 385 g/mol. The summed E-state index contributed by atoms with van der Waals surface area (Å²) in [5.41, 5.74) is 3.54. The third kappa shape index (κ3) is 4.19. The Balaban J connectivity index is 1.54. The summed E-state index contributed by atoms with van der Waals surface area (Å²) in [6.45, 7) is 2.13. The van der Waals surface area contributed by atoms with E-state index in [0.29, 0.717) is 11.7 Å². The Labute approximate surface area is 162 Å². The molecule has 1 aliphatic carbocycles. The van der Waals surface area contributed by atoms with Crippen LogP contribution in [0.3, 0.4) is 0 Å². The molecule has 1 heterocycles. The van der Waals surface area contributed by atoms with Gasteiger partial charge in [0.1, 0.15) is 0 Å². The lowest BCUT2D eigenvalue weighted by atomic mass is 9.63. The molecule has 1 aliphatic heterocycles. The van der Waals surface area contributed by atoms with Crippen LogP contribution in [0.25, 0.3) is 0 Å². The van der Waals surface area contributed by atoms with Gasteiger partial charge in [0, 0.05) is 18.3 Å². The largest absolute Gasteiger partial charge is 0.296 e. The second kappa shape index (κ2) is 7.28. The molecule has 2 fully saturated rings. The Kier molecular flexibility index (Phi) is 4.99. The van der Waals surface area contributed by atoms with Gasteiger partial charge in [0.2, 0.25) is 10.0 Å². The van der Waals surface area contributed by atoms with Crippen molar-refractivity contribution in [2.24, 2.45) is 0 Å². The molecule has 2 aromatic carbocycles. The normalized spacial score (nSPS) is 25.9. The molecule has 2 aromatic rings. The van der Waals surface area contributed by atoms with E-state index >= 15 is 0 Å². The highest BCUT2D eigenvalue weighted by atomic mass is 32.2. The van der Waals surface area contributed by atoms with Gasteiger partial charge in [0.25, 0.3) is 0 Å². The summed E-state index contributed by atoms with van der Waals surface area (Å²) in [6.07, 6.45) is 7.21. The van der Waals surface area contributed by atoms with E-state index in [9.17, 15) is 8.42 Å². The maximum Gasteiger partial charge on any atom is 0.229 e. The second-order valence-electron chi connectivity index (χ2n) is 8.19. The first-order chi connectivity index (χ1) is 12.9. The van der Waals surface area contributed by atoms with Crippen molar-refractivity contribution in [1.82, 2.24) is 4.90 Å². The molecule has 27 heavy (non-hydrogen) atoms. The third-order valence-corrected chi connectivity index (χ3v) is 6.83. The molecule has 1 N–H and O–H groups in total. The second-order valence-corrected chi connectivity index (χ2v) is 9.94. The fraction of sp³-hybridized carbons (Fsp3) is 0.455. The molecule has 2 unspecified atom stereocenters. The minimum atomic E-state index is -3.25. The van der Waals surface area contributed by atoms with E-state index in [-0.39, 0.29) is 5.41 Å². The number of fused-ring (bicyclic) bond motifs is 2. The number of sulfonamides is 1. The topological polar surface area (TPSA) is 49.4 Å². The maximum absolute atomic E-state index is 11.6. The van der Waals surface area contributed by atoms with Crippen LogP contribution in [-0.4, -0.2) is 32.2 Å². The third-order valence-electron chi connectivity index (χ3n) is 6.22. The Hall–Kier alpha value is -1.85. The molecular weight excluding hydrogens is 356 g/mol. The molecule has 2 aliphatic rings. The van der Waals surface area contributed by atoms with Crippen molar-refractivity contribution in [2.75, 3.05) is 17.5 Å². The molecule has 1 saturated heterocycles. The summed E-state index contributed by atoms with van der Waals surface area (Å²) in [7, 11) is -3.25. The van der Waals surface area contributed by atoms with Crippen LogP contribution in [0.5, 0.6) is 0 Å². The van der Waals surface area contributed by atoms with Crippen molar-refractivity contribution in [3.8, 4) is 0 Å². The highest BCUT2D eigenvalue weighted by Gasteiger charge is 2.43. The molecule has 2 bridgehead atoms. The van der Waals surface area contributed by atoms with Crippen molar-refractivity contribution < 1.29 is 8.42 Å². The first-order valence-corrected chi connectivity index (χ1v) is 11.7. The van der Waals surface area contributed by atoms with Crippen molar-refractivity contribution in [3.63, 3.8) is 0 Å². The number of benzene rings is 2. The number of hydrogen-bond acceptors (Lipinski definition) is 3. The smallest absolute Gasteiger partial charge is 0.229 e. The van der Waals surface area contributed by atoms with Crippen molar-refractivity contribution >= 4 is 15.7 Å². The molecule has 0 spiro atoms. The lowest BCUT2D eigenvalue weighted by Gasteiger charge is -2.51. The predicted octanol–water partition coefficient (Wildman–Crippen LogP) is 4.14. The summed E-state index contributed by atoms with van der Waals surface area (Å²) in [5, 5.41) is 0. The minimum Gasteiger partial charge on any atom is -0.296 e. The molecule has 0 radical (unpaired) electrons. The molecule has 0 aromatic heterocycles. The Bertz CT molecular complexity index is 898. The zero-order valence-corrected chi connectivity index (χ0v) is 16.7. The van der Waals surface area contributed by atoms with Crippen LogP contribution in [0, 0.1) is 0 Å². The fourth-order valence-electron chi connectivity index (χ4n) is 4.97. The lowest BCUT2D eigenvalue weighted by Crippen LogP contribution is -2.51. The van der Waals surface area contributed by atoms with Crippen LogP contribution in [-0.2, 0) is 22.0 Å². The van der Waals surface area contributed by atoms with E-state index < -0.39 is 10.0 Å². The van der Waals surface area contributed by atoms with Crippen LogP contribution in [0.1, 0.15) is 43.2 Å². The first-order valence-electron chi connectivity index (χ1n) is 9.80. The summed E-state index contributed by atoms with van der Waals surface area (Å²) in [5.74, 6) is 0. The first kappa shape index (κ1) is 18.5. The number of rotatable bonds is 5. The highest BCUT2D eigenvalue weighted by molar-refractivity contribution is 7.92. The molecule has 0 amide bonds. The van der Waals surface area contributed by atoms with E-state index in [1.165, 1.54) is 43.1 Å². The number of anilines is 1. The van der Waals surface area contributed by atoms with E-state index in [1.54, 1.807) is 0 Å². The van der Waals surface area contributed by atoms with Gasteiger partial charge in [-0.05, 0) is 60.9 Å². The van der Waals surface area contributed by atoms with Crippen molar-refractivity contribution in [1.29, 1.82) is 0 Å². The molecular formula is C22H28N2O2S. The van der Waals surface area contributed by atoms with Gasteiger partial charge < -0.3 is 0 Å². The molecule has 144 valence electrons. The van der Waals surface area contributed by atoms with Crippen molar-refractivity contribution in [2.45, 2.75) is 50.1 Å². The van der Waals surface area contributed by atoms with Gasteiger partial charge in [-0.1, -0.05) is 48.9 Å². The summed E-state index contributed by atoms with van der Waals surface area (Å²) in [6, 6.07) is 19.4. The van der Waals surface area contributed by atoms with E-state index in [0.717, 1.165) is 19.5 Å². The summed E-state index contributed by atoms with van der Waals surface area (Å²) in [4.78, 5) is 2.64. The van der Waals surface area contributed by atoms with E-state index in [4.69, 9.17) is 0 Å². The number of likely N-dealkylation sites (tertiary alicyclic amines) is 1. The molecule has 1 saturated carbocycles. The standard InChI is InChI=1S/C22H28N2O2S/c1-27(25,26)23-20-10-5-9-19(15-20)22-12-6-11-21(16-22)24(14-13-22)17-18-7-3-2-4-8-18/h2-5,7-10,15,21,23H,6,11-14,16-17H2,1H3. The van der Waals surface area contributed by atoms with Crippen LogP contribution < -0.4 is 4.72 Å². The van der Waals surface area contributed by atoms with Crippen LogP contribution in [0.2, 0.25) is 0 Å². The Morgan fingerprint density at radius 3 is 2.70 bits per heavy atom. The summed E-state index contributed by atoms with van der Waals surface area (Å²) >= 11 is 0. The minimum absolute atomic E-state index is 0.186. The average Bonchev–Trinajstić information content (AvgIpc) is 2.64. The highest BCUT2D eigenvalue weighted by Crippen LogP contribution is 2.47. The lowest BCUT2D eigenvalue weighted by molar-refractivity contribution is 0.0459. The van der Waals surface area contributed by atoms with Crippen LogP contribution >= 0.6 is 0 Å². The van der Waals surface area contributed by atoms with E-state index in [1.807, 2.05) is 12.1 Å². The molecule has 2 atom stereocenters. The van der Waals surface area contributed by atoms with E-state index in [2.05, 4.69) is 52.1 Å². The van der Waals surface area contributed by atoms with Crippen LogP contribution in [0.4, 0.5) is 5.69 Å². The summed E-state index contributed by atoms with van der Waals surface area (Å²) < 4.78 is 25.8. The van der Waals surface area contributed by atoms with Crippen LogP contribution in [0.15, 0.2) is 54.6 Å². The molecule has 4 nitrogen and oxygen atoms in total. The van der Waals surface area contributed by atoms with Gasteiger partial charge in [-0.2, -0.15) is 0 Å². The predicted molar refractivity (Wildman–Crippen MR) is 110 cm³/mol.